The first kappa shape index (κ1) is 23.8. The average molecular weight is 488 g/mol. The molecule has 6 nitrogen and oxygen atoms in total. The molecule has 0 N–H and O–H groups in total. The summed E-state index contributed by atoms with van der Waals surface area (Å²) in [5, 5.41) is 0. The molecule has 6 rings (SSSR count). The van der Waals surface area contributed by atoms with Gasteiger partial charge in [0.15, 0.2) is 0 Å². The first-order chi connectivity index (χ1) is 17.5. The Balaban J connectivity index is 1.20. The predicted octanol–water partition coefficient (Wildman–Crippen LogP) is 4.97. The van der Waals surface area contributed by atoms with Gasteiger partial charge in [0.05, 0.1) is 17.4 Å². The fourth-order valence-corrected chi connectivity index (χ4v) is 7.22. The van der Waals surface area contributed by atoms with E-state index in [0.717, 1.165) is 64.7 Å². The number of nitrogens with zero attached hydrogens (tertiary/aromatic N) is 5. The Morgan fingerprint density at radius 1 is 0.944 bits per heavy atom. The smallest absolute Gasteiger partial charge is 0.320 e. The van der Waals surface area contributed by atoms with Gasteiger partial charge in [0.2, 0.25) is 0 Å². The molecule has 0 bridgehead atoms. The summed E-state index contributed by atoms with van der Waals surface area (Å²) in [7, 11) is 4.46. The van der Waals surface area contributed by atoms with E-state index in [-0.39, 0.29) is 11.1 Å². The van der Waals surface area contributed by atoms with Crippen molar-refractivity contribution in [1.82, 2.24) is 19.7 Å². The maximum absolute atomic E-state index is 14.0. The minimum Gasteiger partial charge on any atom is -0.370 e. The van der Waals surface area contributed by atoms with Crippen molar-refractivity contribution in [1.29, 1.82) is 0 Å². The van der Waals surface area contributed by atoms with Crippen LogP contribution in [-0.2, 0) is 5.54 Å². The zero-order valence-corrected chi connectivity index (χ0v) is 22.0. The Morgan fingerprint density at radius 3 is 2.28 bits per heavy atom. The second kappa shape index (κ2) is 9.37. The van der Waals surface area contributed by atoms with Crippen LogP contribution in [0.5, 0.6) is 0 Å². The van der Waals surface area contributed by atoms with Crippen LogP contribution in [0.15, 0.2) is 54.9 Å². The molecule has 2 saturated carbocycles. The second-order valence-electron chi connectivity index (χ2n) is 11.9. The summed E-state index contributed by atoms with van der Waals surface area (Å²) in [5.41, 5.74) is 2.67. The minimum absolute atomic E-state index is 0.00551. The number of piperidine rings is 1. The van der Waals surface area contributed by atoms with E-state index in [1.807, 2.05) is 18.5 Å². The van der Waals surface area contributed by atoms with Gasteiger partial charge in [-0.2, -0.15) is 0 Å². The van der Waals surface area contributed by atoms with Crippen LogP contribution >= 0.6 is 0 Å². The lowest BCUT2D eigenvalue weighted by atomic mass is 9.68. The van der Waals surface area contributed by atoms with Crippen LogP contribution in [0, 0.1) is 5.92 Å². The average Bonchev–Trinajstić information content (AvgIpc) is 3.72. The fourth-order valence-electron chi connectivity index (χ4n) is 7.22. The first-order valence-corrected chi connectivity index (χ1v) is 14.0. The molecular weight excluding hydrogens is 446 g/mol. The van der Waals surface area contributed by atoms with Gasteiger partial charge in [-0.05, 0) is 89.1 Å². The third-order valence-electron chi connectivity index (χ3n) is 9.74. The molecule has 0 unspecified atom stereocenters. The van der Waals surface area contributed by atoms with E-state index < -0.39 is 0 Å². The third-order valence-corrected chi connectivity index (χ3v) is 9.74. The Kier molecular flexibility index (Phi) is 6.19. The van der Waals surface area contributed by atoms with Gasteiger partial charge < -0.3 is 14.7 Å². The maximum atomic E-state index is 14.0. The van der Waals surface area contributed by atoms with Crippen LogP contribution in [0.25, 0.3) is 0 Å². The van der Waals surface area contributed by atoms with Gasteiger partial charge in [0, 0.05) is 44.0 Å². The number of carbonyl (C=O) groups excluding carboxylic acids is 1. The number of aromatic nitrogens is 1. The number of urea groups is 1. The number of rotatable bonds is 6. The van der Waals surface area contributed by atoms with Crippen molar-refractivity contribution < 1.29 is 4.79 Å². The highest BCUT2D eigenvalue weighted by atomic mass is 16.2. The van der Waals surface area contributed by atoms with Crippen molar-refractivity contribution >= 4 is 11.7 Å². The Bertz CT molecular complexity index is 1040. The molecule has 3 heterocycles. The lowest BCUT2D eigenvalue weighted by Gasteiger charge is -2.51. The van der Waals surface area contributed by atoms with E-state index in [1.165, 1.54) is 24.1 Å². The quantitative estimate of drug-likeness (QED) is 0.577. The molecule has 192 valence electrons. The molecule has 1 spiro atoms. The molecule has 2 aliphatic carbocycles. The Morgan fingerprint density at radius 2 is 1.67 bits per heavy atom. The zero-order valence-electron chi connectivity index (χ0n) is 22.0. The molecule has 2 amide bonds. The second-order valence-corrected chi connectivity index (χ2v) is 11.9. The van der Waals surface area contributed by atoms with E-state index in [0.29, 0.717) is 18.0 Å². The van der Waals surface area contributed by atoms with E-state index in [1.54, 1.807) is 0 Å². The third kappa shape index (κ3) is 4.17. The molecule has 2 aromatic rings. The molecule has 36 heavy (non-hydrogen) atoms. The summed E-state index contributed by atoms with van der Waals surface area (Å²) >= 11 is 0. The molecule has 2 aliphatic heterocycles. The van der Waals surface area contributed by atoms with E-state index in [2.05, 4.69) is 75.1 Å². The highest BCUT2D eigenvalue weighted by molar-refractivity contribution is 5.79. The van der Waals surface area contributed by atoms with Crippen molar-refractivity contribution in [3.8, 4) is 0 Å². The Hall–Kier alpha value is -2.60. The first-order valence-electron chi connectivity index (χ1n) is 14.0. The van der Waals surface area contributed by atoms with Crippen molar-refractivity contribution in [2.45, 2.75) is 68.5 Å². The van der Waals surface area contributed by atoms with Crippen LogP contribution in [-0.4, -0.2) is 77.6 Å². The van der Waals surface area contributed by atoms with Gasteiger partial charge in [-0.15, -0.1) is 0 Å². The van der Waals surface area contributed by atoms with Crippen molar-refractivity contribution in [2.75, 3.05) is 45.2 Å². The van der Waals surface area contributed by atoms with Gasteiger partial charge in [-0.3, -0.25) is 9.88 Å². The summed E-state index contributed by atoms with van der Waals surface area (Å²) in [5.74, 6) is 0.716. The van der Waals surface area contributed by atoms with Crippen molar-refractivity contribution in [3.63, 3.8) is 0 Å². The molecule has 0 atom stereocenters. The number of hydrogen-bond donors (Lipinski definition) is 0. The van der Waals surface area contributed by atoms with Gasteiger partial charge in [-0.1, -0.05) is 30.3 Å². The summed E-state index contributed by atoms with van der Waals surface area (Å²) in [6, 6.07) is 15.9. The van der Waals surface area contributed by atoms with E-state index in [9.17, 15) is 4.79 Å². The Labute approximate surface area is 216 Å². The molecular formula is C30H41N5O. The molecule has 4 aliphatic rings. The molecule has 2 saturated heterocycles. The number of hydrogen-bond acceptors (Lipinski definition) is 4. The van der Waals surface area contributed by atoms with Gasteiger partial charge in [0.1, 0.15) is 0 Å². The topological polar surface area (TPSA) is 42.9 Å². The fraction of sp³-hybridized carbons (Fsp3) is 0.600. The minimum atomic E-state index is -0.00551. The molecule has 6 heteroatoms. The summed E-state index contributed by atoms with van der Waals surface area (Å²) in [6.07, 6.45) is 12.8. The van der Waals surface area contributed by atoms with Gasteiger partial charge >= 0.3 is 6.03 Å². The van der Waals surface area contributed by atoms with Crippen LogP contribution < -0.4 is 4.90 Å². The predicted molar refractivity (Wildman–Crippen MR) is 144 cm³/mol. The molecule has 4 fully saturated rings. The van der Waals surface area contributed by atoms with Crippen molar-refractivity contribution in [2.24, 2.45) is 5.92 Å². The van der Waals surface area contributed by atoms with Gasteiger partial charge in [-0.25, -0.2) is 4.79 Å². The summed E-state index contributed by atoms with van der Waals surface area (Å²) < 4.78 is 0. The highest BCUT2D eigenvalue weighted by Crippen LogP contribution is 2.50. The van der Waals surface area contributed by atoms with Crippen LogP contribution in [0.3, 0.4) is 0 Å². The number of pyridine rings is 1. The maximum Gasteiger partial charge on any atom is 0.320 e. The highest BCUT2D eigenvalue weighted by Gasteiger charge is 2.56. The number of carbonyl (C=O) groups is 1. The SMILES string of the molecule is CN(C)[C@]1(c2ccccc2)CC[C@]2(CC1)CN(C1CCN(c3cccnc3)CC1)C(=O)N2CC1CC1. The number of amides is 2. The van der Waals surface area contributed by atoms with E-state index >= 15 is 0 Å². The zero-order chi connectivity index (χ0) is 24.8. The molecule has 0 radical (unpaired) electrons. The van der Waals surface area contributed by atoms with E-state index in [4.69, 9.17) is 0 Å². The summed E-state index contributed by atoms with van der Waals surface area (Å²) in [4.78, 5) is 27.8. The normalized spacial score (nSPS) is 29.5. The van der Waals surface area contributed by atoms with Crippen LogP contribution in [0.2, 0.25) is 0 Å². The van der Waals surface area contributed by atoms with Crippen LogP contribution in [0.1, 0.15) is 56.9 Å². The monoisotopic (exact) mass is 487 g/mol. The van der Waals surface area contributed by atoms with Crippen LogP contribution in [0.4, 0.5) is 10.5 Å². The lowest BCUT2D eigenvalue weighted by molar-refractivity contribution is 0.0226. The van der Waals surface area contributed by atoms with Crippen molar-refractivity contribution in [3.05, 3.63) is 60.4 Å². The standard InChI is InChI=1S/C30H41N5O/c1-32(2)30(25-7-4-3-5-8-25)16-14-29(15-17-30)23-34(28(36)35(29)22-24-10-11-24)26-12-19-33(20-13-26)27-9-6-18-31-21-27/h3-9,18,21,24,26H,10-17,19-20,22-23H2,1-2H3/t29-,30+. The number of anilines is 1. The van der Waals surface area contributed by atoms with Gasteiger partial charge in [0.25, 0.3) is 0 Å². The largest absolute Gasteiger partial charge is 0.370 e. The molecule has 1 aromatic heterocycles. The molecule has 1 aromatic carbocycles. The lowest BCUT2D eigenvalue weighted by Crippen LogP contribution is -2.55. The summed E-state index contributed by atoms with van der Waals surface area (Å²) in [6.45, 7) is 3.86. The number of benzene rings is 1.